The number of aromatic nitrogens is 2. The van der Waals surface area contributed by atoms with Crippen LogP contribution in [0.2, 0.25) is 0 Å². The molecule has 0 aliphatic heterocycles. The van der Waals surface area contributed by atoms with Crippen molar-refractivity contribution < 1.29 is 4.79 Å². The Morgan fingerprint density at radius 1 is 1.43 bits per heavy atom. The van der Waals surface area contributed by atoms with Crippen LogP contribution < -0.4 is 10.6 Å². The Bertz CT molecular complexity index is 726. The molecule has 21 heavy (non-hydrogen) atoms. The summed E-state index contributed by atoms with van der Waals surface area (Å²) in [7, 11) is 1.65. The van der Waals surface area contributed by atoms with Gasteiger partial charge in [-0.25, -0.2) is 0 Å². The van der Waals surface area contributed by atoms with Crippen molar-refractivity contribution in [2.75, 3.05) is 17.7 Å². The molecule has 2 aromatic rings. The smallest absolute Gasteiger partial charge is 0.248 e. The molecule has 0 saturated carbocycles. The van der Waals surface area contributed by atoms with Gasteiger partial charge in [0.1, 0.15) is 12.6 Å². The minimum atomic E-state index is -0.164. The van der Waals surface area contributed by atoms with Crippen molar-refractivity contribution in [3.8, 4) is 6.07 Å². The van der Waals surface area contributed by atoms with Gasteiger partial charge >= 0.3 is 0 Å². The molecule has 0 atom stereocenters. The van der Waals surface area contributed by atoms with Gasteiger partial charge in [-0.05, 0) is 26.0 Å². The van der Waals surface area contributed by atoms with Gasteiger partial charge in [-0.15, -0.1) is 0 Å². The normalized spacial score (nSPS) is 10.2. The first-order valence-corrected chi connectivity index (χ1v) is 6.51. The molecule has 0 saturated heterocycles. The Morgan fingerprint density at radius 3 is 2.67 bits per heavy atom. The molecule has 0 fully saturated rings. The zero-order valence-corrected chi connectivity index (χ0v) is 12.3. The number of amides is 1. The number of anilines is 2. The Morgan fingerprint density at radius 2 is 2.10 bits per heavy atom. The van der Waals surface area contributed by atoms with Crippen LogP contribution in [0.25, 0.3) is 0 Å². The number of likely N-dealkylation sites (N-methyl/N-ethyl adjacent to an activating group) is 1. The SMILES string of the molecule is Cc1nn(CC(=O)N(C)c2ccccc2C#N)c(C)c1N. The topological polar surface area (TPSA) is 87.9 Å². The Kier molecular flexibility index (Phi) is 3.94. The van der Waals surface area contributed by atoms with E-state index in [1.54, 1.807) is 42.9 Å². The van der Waals surface area contributed by atoms with Crippen LogP contribution in [0.4, 0.5) is 11.4 Å². The predicted octanol–water partition coefficient (Wildman–Crippen LogP) is 1.62. The lowest BCUT2D eigenvalue weighted by atomic mass is 10.2. The summed E-state index contributed by atoms with van der Waals surface area (Å²) in [4.78, 5) is 13.8. The van der Waals surface area contributed by atoms with Crippen LogP contribution in [-0.4, -0.2) is 22.7 Å². The molecule has 2 rings (SSSR count). The fraction of sp³-hybridized carbons (Fsp3) is 0.267. The number of hydrogen-bond acceptors (Lipinski definition) is 4. The molecule has 2 N–H and O–H groups in total. The summed E-state index contributed by atoms with van der Waals surface area (Å²) in [5.41, 5.74) is 8.98. The first kappa shape index (κ1) is 14.6. The van der Waals surface area contributed by atoms with Crippen molar-refractivity contribution in [1.82, 2.24) is 9.78 Å². The lowest BCUT2D eigenvalue weighted by molar-refractivity contribution is -0.119. The zero-order valence-electron chi connectivity index (χ0n) is 12.3. The van der Waals surface area contributed by atoms with Crippen LogP contribution >= 0.6 is 0 Å². The number of aryl methyl sites for hydroxylation is 1. The molecule has 1 amide bonds. The molecule has 0 radical (unpaired) electrons. The number of nitrogen functional groups attached to an aromatic ring is 1. The lowest BCUT2D eigenvalue weighted by Crippen LogP contribution is -2.31. The van der Waals surface area contributed by atoms with Gasteiger partial charge in [0.05, 0.1) is 28.3 Å². The minimum absolute atomic E-state index is 0.0835. The van der Waals surface area contributed by atoms with Gasteiger partial charge in [-0.3, -0.25) is 9.48 Å². The van der Waals surface area contributed by atoms with Crippen LogP contribution in [0, 0.1) is 25.2 Å². The Hall–Kier alpha value is -2.81. The van der Waals surface area contributed by atoms with E-state index in [1.165, 1.54) is 4.90 Å². The van der Waals surface area contributed by atoms with Crippen molar-refractivity contribution in [2.45, 2.75) is 20.4 Å². The Labute approximate surface area is 123 Å². The Balaban J connectivity index is 2.24. The molecular weight excluding hydrogens is 266 g/mol. The molecule has 0 aliphatic rings. The second kappa shape index (κ2) is 5.67. The number of rotatable bonds is 3. The number of carbonyl (C=O) groups excluding carboxylic acids is 1. The van der Waals surface area contributed by atoms with E-state index in [9.17, 15) is 4.79 Å². The van der Waals surface area contributed by atoms with Crippen molar-refractivity contribution in [3.05, 3.63) is 41.2 Å². The van der Waals surface area contributed by atoms with Crippen LogP contribution in [0.3, 0.4) is 0 Å². The summed E-state index contributed by atoms with van der Waals surface area (Å²) in [6.45, 7) is 3.71. The minimum Gasteiger partial charge on any atom is -0.396 e. The van der Waals surface area contributed by atoms with Crippen molar-refractivity contribution in [1.29, 1.82) is 5.26 Å². The summed E-state index contributed by atoms with van der Waals surface area (Å²) >= 11 is 0. The predicted molar refractivity (Wildman–Crippen MR) is 80.7 cm³/mol. The highest BCUT2D eigenvalue weighted by Crippen LogP contribution is 2.19. The van der Waals surface area contributed by atoms with Gasteiger partial charge in [0.25, 0.3) is 0 Å². The number of hydrogen-bond donors (Lipinski definition) is 1. The number of benzene rings is 1. The quantitative estimate of drug-likeness (QED) is 0.927. The van der Waals surface area contributed by atoms with E-state index in [-0.39, 0.29) is 12.5 Å². The van der Waals surface area contributed by atoms with Crippen molar-refractivity contribution in [3.63, 3.8) is 0 Å². The van der Waals surface area contributed by atoms with Crippen molar-refractivity contribution in [2.24, 2.45) is 0 Å². The summed E-state index contributed by atoms with van der Waals surface area (Å²) in [5.74, 6) is -0.164. The molecule has 1 aromatic heterocycles. The van der Waals surface area contributed by atoms with E-state index in [0.717, 1.165) is 5.69 Å². The fourth-order valence-corrected chi connectivity index (χ4v) is 2.09. The van der Waals surface area contributed by atoms with Gasteiger partial charge < -0.3 is 10.6 Å². The lowest BCUT2D eigenvalue weighted by Gasteiger charge is -2.18. The largest absolute Gasteiger partial charge is 0.396 e. The number of nitrogens with two attached hydrogens (primary N) is 1. The third-order valence-corrected chi connectivity index (χ3v) is 3.48. The van der Waals surface area contributed by atoms with E-state index in [1.807, 2.05) is 6.92 Å². The zero-order chi connectivity index (χ0) is 15.6. The van der Waals surface area contributed by atoms with Gasteiger partial charge in [0.2, 0.25) is 5.91 Å². The second-order valence-corrected chi connectivity index (χ2v) is 4.82. The maximum Gasteiger partial charge on any atom is 0.248 e. The maximum atomic E-state index is 12.4. The molecule has 1 aromatic carbocycles. The van der Waals surface area contributed by atoms with E-state index in [2.05, 4.69) is 11.2 Å². The molecule has 0 unspecified atom stereocenters. The highest BCUT2D eigenvalue weighted by Gasteiger charge is 2.17. The first-order chi connectivity index (χ1) is 9.95. The molecule has 0 spiro atoms. The van der Waals surface area contributed by atoms with Gasteiger partial charge in [-0.1, -0.05) is 12.1 Å². The number of carbonyl (C=O) groups is 1. The molecule has 0 aliphatic carbocycles. The third kappa shape index (κ3) is 2.72. The van der Waals surface area contributed by atoms with Gasteiger partial charge in [0.15, 0.2) is 0 Å². The third-order valence-electron chi connectivity index (χ3n) is 3.48. The van der Waals surface area contributed by atoms with Crippen LogP contribution in [0.15, 0.2) is 24.3 Å². The summed E-state index contributed by atoms with van der Waals surface area (Å²) < 4.78 is 1.58. The molecule has 6 heteroatoms. The second-order valence-electron chi connectivity index (χ2n) is 4.82. The molecule has 108 valence electrons. The number of para-hydroxylation sites is 1. The highest BCUT2D eigenvalue weighted by atomic mass is 16.2. The summed E-state index contributed by atoms with van der Waals surface area (Å²) in [6.07, 6.45) is 0. The number of nitriles is 1. The van der Waals surface area contributed by atoms with E-state index in [4.69, 9.17) is 11.0 Å². The van der Waals surface area contributed by atoms with Gasteiger partial charge in [-0.2, -0.15) is 10.4 Å². The van der Waals surface area contributed by atoms with Crippen molar-refractivity contribution >= 4 is 17.3 Å². The summed E-state index contributed by atoms with van der Waals surface area (Å²) in [5, 5.41) is 13.3. The average molecular weight is 283 g/mol. The monoisotopic (exact) mass is 283 g/mol. The van der Waals surface area contributed by atoms with E-state index in [0.29, 0.717) is 22.6 Å². The van der Waals surface area contributed by atoms with Crippen LogP contribution in [0.1, 0.15) is 17.0 Å². The highest BCUT2D eigenvalue weighted by molar-refractivity contribution is 5.94. The molecule has 0 bridgehead atoms. The fourth-order valence-electron chi connectivity index (χ4n) is 2.09. The standard InChI is InChI=1S/C15H17N5O/c1-10-15(17)11(2)20(18-10)9-14(21)19(3)13-7-5-4-6-12(13)8-16/h4-7H,9,17H2,1-3H3. The average Bonchev–Trinajstić information content (AvgIpc) is 2.73. The molecular formula is C15H17N5O. The van der Waals surface area contributed by atoms with Gasteiger partial charge in [0, 0.05) is 7.05 Å². The molecule has 6 nitrogen and oxygen atoms in total. The van der Waals surface area contributed by atoms with Crippen LogP contribution in [-0.2, 0) is 11.3 Å². The van der Waals surface area contributed by atoms with E-state index >= 15 is 0 Å². The summed E-state index contributed by atoms with van der Waals surface area (Å²) in [6, 6.07) is 9.07. The maximum absolute atomic E-state index is 12.4. The van der Waals surface area contributed by atoms with Crippen LogP contribution in [0.5, 0.6) is 0 Å². The molecule has 1 heterocycles. The van der Waals surface area contributed by atoms with E-state index < -0.39 is 0 Å². The first-order valence-electron chi connectivity index (χ1n) is 6.51. The number of nitrogens with zero attached hydrogens (tertiary/aromatic N) is 4.